The molecule has 3 heterocycles. The molecule has 31 heavy (non-hydrogen) atoms. The molecule has 1 N–H and O–H groups in total. The Bertz CT molecular complexity index is 1190. The van der Waals surface area contributed by atoms with Gasteiger partial charge < -0.3 is 19.4 Å². The van der Waals surface area contributed by atoms with Crippen LogP contribution in [0.3, 0.4) is 0 Å². The molecule has 1 saturated heterocycles. The molecule has 0 unspecified atom stereocenters. The van der Waals surface area contributed by atoms with E-state index in [0.29, 0.717) is 11.6 Å². The third-order valence-electron chi connectivity index (χ3n) is 5.22. The molecular weight excluding hydrogens is 415 g/mol. The Labute approximate surface area is 173 Å². The van der Waals surface area contributed by atoms with Crippen molar-refractivity contribution >= 4 is 22.8 Å². The van der Waals surface area contributed by atoms with Crippen molar-refractivity contribution in [1.82, 2.24) is 24.3 Å². The third-order valence-corrected chi connectivity index (χ3v) is 5.22. The highest BCUT2D eigenvalue weighted by Gasteiger charge is 2.34. The fourth-order valence-electron chi connectivity index (χ4n) is 3.53. The van der Waals surface area contributed by atoms with E-state index in [9.17, 15) is 27.6 Å². The number of aromatic nitrogens is 3. The molecule has 11 heteroatoms. The van der Waals surface area contributed by atoms with Crippen molar-refractivity contribution in [3.63, 3.8) is 0 Å². The SMILES string of the molecule is O=C(Cn1cccc(C(F)(F)F)c1=O)N1CCN(C(=O)c2ccc3nc[nH]c3c2)CC1. The summed E-state index contributed by atoms with van der Waals surface area (Å²) >= 11 is 0. The van der Waals surface area contributed by atoms with Gasteiger partial charge in [-0.05, 0) is 30.3 Å². The van der Waals surface area contributed by atoms with Crippen molar-refractivity contribution in [3.05, 3.63) is 64.3 Å². The van der Waals surface area contributed by atoms with Gasteiger partial charge in [0.2, 0.25) is 5.91 Å². The van der Waals surface area contributed by atoms with Crippen LogP contribution in [0, 0.1) is 0 Å². The number of hydrogen-bond acceptors (Lipinski definition) is 4. The normalized spacial score (nSPS) is 14.8. The maximum absolute atomic E-state index is 12.9. The van der Waals surface area contributed by atoms with Gasteiger partial charge in [0.05, 0.1) is 17.4 Å². The van der Waals surface area contributed by atoms with E-state index in [4.69, 9.17) is 0 Å². The molecule has 1 fully saturated rings. The Morgan fingerprint density at radius 2 is 1.77 bits per heavy atom. The summed E-state index contributed by atoms with van der Waals surface area (Å²) in [5.41, 5.74) is -0.589. The van der Waals surface area contributed by atoms with Crippen LogP contribution in [0.15, 0.2) is 47.7 Å². The predicted octanol–water partition coefficient (Wildman–Crippen LogP) is 1.73. The number of imidazole rings is 1. The number of halogens is 3. The summed E-state index contributed by atoms with van der Waals surface area (Å²) in [7, 11) is 0. The zero-order chi connectivity index (χ0) is 22.2. The minimum atomic E-state index is -4.78. The number of alkyl halides is 3. The predicted molar refractivity (Wildman–Crippen MR) is 104 cm³/mol. The summed E-state index contributed by atoms with van der Waals surface area (Å²) in [5.74, 6) is -0.662. The molecule has 0 atom stereocenters. The Balaban J connectivity index is 1.39. The van der Waals surface area contributed by atoms with Crippen molar-refractivity contribution in [1.29, 1.82) is 0 Å². The lowest BCUT2D eigenvalue weighted by atomic mass is 10.1. The fourth-order valence-corrected chi connectivity index (χ4v) is 3.53. The Hall–Kier alpha value is -3.63. The molecule has 1 aliphatic heterocycles. The van der Waals surface area contributed by atoms with Gasteiger partial charge in [-0.1, -0.05) is 0 Å². The van der Waals surface area contributed by atoms with Gasteiger partial charge in [0, 0.05) is 37.9 Å². The van der Waals surface area contributed by atoms with E-state index in [1.165, 1.54) is 4.90 Å². The molecule has 0 saturated carbocycles. The first-order valence-corrected chi connectivity index (χ1v) is 9.51. The second kappa shape index (κ2) is 7.89. The molecule has 4 rings (SSSR count). The maximum Gasteiger partial charge on any atom is 0.421 e. The molecule has 0 spiro atoms. The van der Waals surface area contributed by atoms with Crippen molar-refractivity contribution in [2.24, 2.45) is 0 Å². The summed E-state index contributed by atoms with van der Waals surface area (Å²) < 4.78 is 39.4. The summed E-state index contributed by atoms with van der Waals surface area (Å²) in [6.07, 6.45) is -2.09. The number of pyridine rings is 1. The number of carbonyl (C=O) groups excluding carboxylic acids is 2. The van der Waals surface area contributed by atoms with E-state index in [1.807, 2.05) is 0 Å². The summed E-state index contributed by atoms with van der Waals surface area (Å²) in [6.45, 7) is 0.522. The highest BCUT2D eigenvalue weighted by Crippen LogP contribution is 2.26. The van der Waals surface area contributed by atoms with Gasteiger partial charge >= 0.3 is 6.18 Å². The van der Waals surface area contributed by atoms with E-state index in [0.717, 1.165) is 27.9 Å². The number of aromatic amines is 1. The molecule has 0 bridgehead atoms. The Morgan fingerprint density at radius 3 is 2.48 bits per heavy atom. The van der Waals surface area contributed by atoms with Crippen molar-refractivity contribution in [2.45, 2.75) is 12.7 Å². The number of fused-ring (bicyclic) bond motifs is 1. The van der Waals surface area contributed by atoms with Crippen LogP contribution < -0.4 is 5.56 Å². The maximum atomic E-state index is 12.9. The number of rotatable bonds is 3. The minimum absolute atomic E-state index is 0.183. The number of nitrogens with one attached hydrogen (secondary N) is 1. The van der Waals surface area contributed by atoms with Crippen LogP contribution in [0.5, 0.6) is 0 Å². The molecule has 1 aliphatic rings. The van der Waals surface area contributed by atoms with Gasteiger partial charge in [0.1, 0.15) is 12.1 Å². The van der Waals surface area contributed by atoms with Gasteiger partial charge in [0.15, 0.2) is 0 Å². The second-order valence-corrected chi connectivity index (χ2v) is 7.16. The van der Waals surface area contributed by atoms with Crippen LogP contribution in [0.1, 0.15) is 15.9 Å². The van der Waals surface area contributed by atoms with Crippen LogP contribution >= 0.6 is 0 Å². The zero-order valence-electron chi connectivity index (χ0n) is 16.2. The number of carbonyl (C=O) groups is 2. The number of H-pyrrole nitrogens is 1. The molecule has 0 radical (unpaired) electrons. The number of piperazine rings is 1. The number of benzene rings is 1. The smallest absolute Gasteiger partial charge is 0.345 e. The first-order chi connectivity index (χ1) is 14.7. The van der Waals surface area contributed by atoms with E-state index in [2.05, 4.69) is 9.97 Å². The second-order valence-electron chi connectivity index (χ2n) is 7.16. The quantitative estimate of drug-likeness (QED) is 0.681. The van der Waals surface area contributed by atoms with Gasteiger partial charge in [-0.25, -0.2) is 4.98 Å². The first kappa shape index (κ1) is 20.6. The lowest BCUT2D eigenvalue weighted by Crippen LogP contribution is -2.51. The van der Waals surface area contributed by atoms with Gasteiger partial charge in [0.25, 0.3) is 11.5 Å². The van der Waals surface area contributed by atoms with E-state index >= 15 is 0 Å². The van der Waals surface area contributed by atoms with Gasteiger partial charge in [-0.2, -0.15) is 13.2 Å². The average Bonchev–Trinajstić information content (AvgIpc) is 3.22. The molecule has 2 amide bonds. The highest BCUT2D eigenvalue weighted by molar-refractivity contribution is 5.97. The molecular formula is C20H18F3N5O3. The van der Waals surface area contributed by atoms with Gasteiger partial charge in [-0.3, -0.25) is 14.4 Å². The molecule has 2 aromatic heterocycles. The van der Waals surface area contributed by atoms with Crippen molar-refractivity contribution in [3.8, 4) is 0 Å². The largest absolute Gasteiger partial charge is 0.421 e. The van der Waals surface area contributed by atoms with Gasteiger partial charge in [-0.15, -0.1) is 0 Å². The summed E-state index contributed by atoms with van der Waals surface area (Å²) in [4.78, 5) is 47.4. The summed E-state index contributed by atoms with van der Waals surface area (Å²) in [5, 5.41) is 0. The molecule has 8 nitrogen and oxygen atoms in total. The summed E-state index contributed by atoms with van der Waals surface area (Å²) in [6, 6.07) is 6.91. The minimum Gasteiger partial charge on any atom is -0.345 e. The average molecular weight is 433 g/mol. The molecule has 3 aromatic rings. The Kier molecular flexibility index (Phi) is 5.25. The van der Waals surface area contributed by atoms with Crippen LogP contribution in [-0.4, -0.2) is 62.3 Å². The number of amides is 2. The Morgan fingerprint density at radius 1 is 1.06 bits per heavy atom. The fraction of sp³-hybridized carbons (Fsp3) is 0.300. The highest BCUT2D eigenvalue weighted by atomic mass is 19.4. The monoisotopic (exact) mass is 433 g/mol. The number of hydrogen-bond donors (Lipinski definition) is 1. The van der Waals surface area contributed by atoms with E-state index in [-0.39, 0.29) is 32.1 Å². The van der Waals surface area contributed by atoms with Crippen molar-refractivity contribution in [2.75, 3.05) is 26.2 Å². The van der Waals surface area contributed by atoms with E-state index < -0.39 is 29.8 Å². The third kappa shape index (κ3) is 4.16. The number of nitrogens with zero attached hydrogens (tertiary/aromatic N) is 4. The van der Waals surface area contributed by atoms with Crippen LogP contribution in [0.25, 0.3) is 11.0 Å². The lowest BCUT2D eigenvalue weighted by molar-refractivity contribution is -0.139. The van der Waals surface area contributed by atoms with E-state index in [1.54, 1.807) is 29.4 Å². The van der Waals surface area contributed by atoms with Crippen LogP contribution in [-0.2, 0) is 17.5 Å². The first-order valence-electron chi connectivity index (χ1n) is 9.51. The molecule has 0 aliphatic carbocycles. The van der Waals surface area contributed by atoms with Crippen LogP contribution in [0.2, 0.25) is 0 Å². The van der Waals surface area contributed by atoms with Crippen molar-refractivity contribution < 1.29 is 22.8 Å². The molecule has 1 aromatic carbocycles. The topological polar surface area (TPSA) is 91.3 Å². The lowest BCUT2D eigenvalue weighted by Gasteiger charge is -2.35. The zero-order valence-corrected chi connectivity index (χ0v) is 16.2. The molecule has 162 valence electrons. The standard InChI is InChI=1S/C20H18F3N5O3/c21-20(22,23)14-2-1-5-28(19(14)31)11-17(29)26-6-8-27(9-7-26)18(30)13-3-4-15-16(10-13)25-12-24-15/h1-5,10,12H,6-9,11H2,(H,24,25). The van der Waals surface area contributed by atoms with Crippen LogP contribution in [0.4, 0.5) is 13.2 Å².